The molecule has 0 spiro atoms. The van der Waals surface area contributed by atoms with E-state index >= 15 is 0 Å². The zero-order valence-corrected chi connectivity index (χ0v) is 29.3. The minimum absolute atomic E-state index is 0.0256. The number of nitrogens with one attached hydrogen (secondary N) is 1. The van der Waals surface area contributed by atoms with Crippen molar-refractivity contribution in [1.82, 2.24) is 10.2 Å². The number of hydrogen-bond donors (Lipinski definition) is 1. The molecule has 0 aromatic heterocycles. The van der Waals surface area contributed by atoms with Gasteiger partial charge in [0.05, 0.1) is 22.7 Å². The first kappa shape index (κ1) is 36.1. The molecule has 4 aromatic rings. The third-order valence-corrected chi connectivity index (χ3v) is 10.3. The Balaban J connectivity index is 1.84. The number of sulfonamides is 1. The van der Waals surface area contributed by atoms with Gasteiger partial charge in [0.25, 0.3) is 10.0 Å². The molecule has 248 valence electrons. The molecule has 8 nitrogen and oxygen atoms in total. The Morgan fingerprint density at radius 2 is 1.53 bits per heavy atom. The van der Waals surface area contributed by atoms with E-state index in [1.165, 1.54) is 42.3 Å². The molecule has 0 fully saturated rings. The van der Waals surface area contributed by atoms with Gasteiger partial charge in [-0.2, -0.15) is 0 Å². The Bertz CT molecular complexity index is 1790. The van der Waals surface area contributed by atoms with Crippen LogP contribution in [0.2, 0.25) is 15.1 Å². The molecule has 12 heteroatoms. The lowest BCUT2D eigenvalue weighted by atomic mass is 10.0. The van der Waals surface area contributed by atoms with Crippen LogP contribution in [0.1, 0.15) is 31.4 Å². The van der Waals surface area contributed by atoms with Crippen LogP contribution in [0.25, 0.3) is 0 Å². The Morgan fingerprint density at radius 1 is 0.872 bits per heavy atom. The van der Waals surface area contributed by atoms with Gasteiger partial charge in [-0.1, -0.05) is 96.3 Å². The van der Waals surface area contributed by atoms with Gasteiger partial charge < -0.3 is 15.0 Å². The number of amides is 2. The van der Waals surface area contributed by atoms with Crippen molar-refractivity contribution in [3.8, 4) is 5.75 Å². The molecule has 4 aromatic carbocycles. The summed E-state index contributed by atoms with van der Waals surface area (Å²) in [5.74, 6) is -0.684. The number of anilines is 1. The molecule has 0 heterocycles. The molecule has 0 saturated carbocycles. The van der Waals surface area contributed by atoms with Gasteiger partial charge >= 0.3 is 0 Å². The van der Waals surface area contributed by atoms with Gasteiger partial charge in [-0.15, -0.1) is 0 Å². The summed E-state index contributed by atoms with van der Waals surface area (Å²) in [4.78, 5) is 29.9. The standard InChI is InChI=1S/C35H36Cl3N3O5S/c1-4-24(2)39-35(43)32(19-25-11-7-5-8-12-25)40(22-26-15-16-27(36)20-30(26)37)34(42)23-41(28-17-18-33(46-3)31(38)21-28)47(44,45)29-13-9-6-10-14-29/h5-18,20-21,24,32H,4,19,22-23H2,1-3H3,(H,39,43)/t24-,32-/m0/s1. The molecular formula is C35H36Cl3N3O5S. The summed E-state index contributed by atoms with van der Waals surface area (Å²) in [6.45, 7) is 3.08. The van der Waals surface area contributed by atoms with E-state index in [9.17, 15) is 18.0 Å². The van der Waals surface area contributed by atoms with Crippen molar-refractivity contribution >= 4 is 62.3 Å². The number of hydrogen-bond acceptors (Lipinski definition) is 5. The quantitative estimate of drug-likeness (QED) is 0.147. The Labute approximate surface area is 291 Å². The molecule has 0 aliphatic rings. The lowest BCUT2D eigenvalue weighted by Gasteiger charge is -2.34. The largest absolute Gasteiger partial charge is 0.495 e. The molecule has 4 rings (SSSR count). The maximum absolute atomic E-state index is 14.6. The predicted molar refractivity (Wildman–Crippen MR) is 188 cm³/mol. The molecule has 0 radical (unpaired) electrons. The summed E-state index contributed by atoms with van der Waals surface area (Å²) in [6.07, 6.45) is 0.835. The minimum Gasteiger partial charge on any atom is -0.495 e. The molecule has 0 aliphatic carbocycles. The van der Waals surface area contributed by atoms with E-state index in [-0.39, 0.29) is 40.5 Å². The first-order valence-corrected chi connectivity index (χ1v) is 17.5. The van der Waals surface area contributed by atoms with E-state index in [4.69, 9.17) is 39.5 Å². The van der Waals surface area contributed by atoms with Crippen LogP contribution in [0.3, 0.4) is 0 Å². The minimum atomic E-state index is -4.29. The first-order valence-electron chi connectivity index (χ1n) is 14.9. The van der Waals surface area contributed by atoms with Crippen LogP contribution in [0.4, 0.5) is 5.69 Å². The number of carbonyl (C=O) groups is 2. The normalized spacial score (nSPS) is 12.6. The topological polar surface area (TPSA) is 96.0 Å². The summed E-state index contributed by atoms with van der Waals surface area (Å²) >= 11 is 19.2. The van der Waals surface area contributed by atoms with Gasteiger partial charge in [0.1, 0.15) is 18.3 Å². The molecule has 47 heavy (non-hydrogen) atoms. The van der Waals surface area contributed by atoms with Crippen LogP contribution in [0.5, 0.6) is 5.75 Å². The molecule has 2 amide bonds. The third-order valence-electron chi connectivity index (χ3n) is 7.66. The van der Waals surface area contributed by atoms with Crippen molar-refractivity contribution in [1.29, 1.82) is 0 Å². The molecule has 1 N–H and O–H groups in total. The van der Waals surface area contributed by atoms with Gasteiger partial charge in [0.15, 0.2) is 0 Å². The van der Waals surface area contributed by atoms with Crippen LogP contribution in [-0.2, 0) is 32.6 Å². The SMILES string of the molecule is CC[C@H](C)NC(=O)[C@H](Cc1ccccc1)N(Cc1ccc(Cl)cc1Cl)C(=O)CN(c1ccc(OC)c(Cl)c1)S(=O)(=O)c1ccccc1. The van der Waals surface area contributed by atoms with Crippen LogP contribution in [0, 0.1) is 0 Å². The number of benzene rings is 4. The molecule has 0 unspecified atom stereocenters. The summed E-state index contributed by atoms with van der Waals surface area (Å²) < 4.78 is 34.6. The van der Waals surface area contributed by atoms with Gasteiger partial charge in [-0.05, 0) is 66.9 Å². The number of carbonyl (C=O) groups excluding carboxylic acids is 2. The Morgan fingerprint density at radius 3 is 2.13 bits per heavy atom. The molecular weight excluding hydrogens is 681 g/mol. The number of nitrogens with zero attached hydrogens (tertiary/aromatic N) is 2. The highest BCUT2D eigenvalue weighted by atomic mass is 35.5. The van der Waals surface area contributed by atoms with E-state index < -0.39 is 28.5 Å². The van der Waals surface area contributed by atoms with Crippen LogP contribution in [-0.4, -0.2) is 50.9 Å². The summed E-state index contributed by atoms with van der Waals surface area (Å²) in [7, 11) is -2.85. The van der Waals surface area contributed by atoms with E-state index in [1.807, 2.05) is 44.2 Å². The van der Waals surface area contributed by atoms with E-state index in [0.717, 1.165) is 9.87 Å². The lowest BCUT2D eigenvalue weighted by Crippen LogP contribution is -2.54. The predicted octanol–water partition coefficient (Wildman–Crippen LogP) is 7.41. The fraction of sp³-hybridized carbons (Fsp3) is 0.257. The Kier molecular flexibility index (Phi) is 12.6. The number of ether oxygens (including phenoxy) is 1. The van der Waals surface area contributed by atoms with Crippen molar-refractivity contribution in [3.05, 3.63) is 123 Å². The maximum atomic E-state index is 14.6. The Hall–Kier alpha value is -3.76. The van der Waals surface area contributed by atoms with Gasteiger partial charge in [-0.3, -0.25) is 13.9 Å². The summed E-state index contributed by atoms with van der Waals surface area (Å²) in [5, 5.41) is 3.87. The highest BCUT2D eigenvalue weighted by molar-refractivity contribution is 7.92. The van der Waals surface area contributed by atoms with Gasteiger partial charge in [0.2, 0.25) is 11.8 Å². The van der Waals surface area contributed by atoms with Crippen LogP contribution in [0.15, 0.2) is 102 Å². The van der Waals surface area contributed by atoms with E-state index in [2.05, 4.69) is 5.32 Å². The second kappa shape index (κ2) is 16.4. The number of methoxy groups -OCH3 is 1. The van der Waals surface area contributed by atoms with Crippen molar-refractivity contribution < 1.29 is 22.7 Å². The molecule has 0 saturated heterocycles. The van der Waals surface area contributed by atoms with Crippen LogP contribution >= 0.6 is 34.8 Å². The average Bonchev–Trinajstić information content (AvgIpc) is 3.06. The molecule has 0 bridgehead atoms. The lowest BCUT2D eigenvalue weighted by molar-refractivity contribution is -0.140. The second-order valence-electron chi connectivity index (χ2n) is 10.9. The van der Waals surface area contributed by atoms with E-state index in [0.29, 0.717) is 27.8 Å². The third kappa shape index (κ3) is 9.20. The van der Waals surface area contributed by atoms with Gasteiger partial charge in [-0.25, -0.2) is 8.42 Å². The number of rotatable bonds is 14. The highest BCUT2D eigenvalue weighted by Crippen LogP contribution is 2.32. The average molecular weight is 717 g/mol. The highest BCUT2D eigenvalue weighted by Gasteiger charge is 2.35. The van der Waals surface area contributed by atoms with Crippen LogP contribution < -0.4 is 14.4 Å². The van der Waals surface area contributed by atoms with E-state index in [1.54, 1.807) is 36.4 Å². The van der Waals surface area contributed by atoms with Crippen molar-refractivity contribution in [2.24, 2.45) is 0 Å². The number of halogens is 3. The smallest absolute Gasteiger partial charge is 0.264 e. The van der Waals surface area contributed by atoms with Crippen molar-refractivity contribution in [2.75, 3.05) is 18.0 Å². The summed E-state index contributed by atoms with van der Waals surface area (Å²) in [5.41, 5.74) is 1.48. The molecule has 2 atom stereocenters. The zero-order chi connectivity index (χ0) is 34.1. The maximum Gasteiger partial charge on any atom is 0.264 e. The first-order chi connectivity index (χ1) is 22.4. The second-order valence-corrected chi connectivity index (χ2v) is 14.0. The fourth-order valence-corrected chi connectivity index (χ4v) is 7.03. The van der Waals surface area contributed by atoms with Crippen molar-refractivity contribution in [2.45, 2.75) is 50.2 Å². The van der Waals surface area contributed by atoms with Crippen molar-refractivity contribution in [3.63, 3.8) is 0 Å². The van der Waals surface area contributed by atoms with Gasteiger partial charge in [0, 0.05) is 29.1 Å². The fourth-order valence-electron chi connectivity index (χ4n) is 4.89. The zero-order valence-electron chi connectivity index (χ0n) is 26.2. The molecule has 0 aliphatic heterocycles. The monoisotopic (exact) mass is 715 g/mol. The summed E-state index contributed by atoms with van der Waals surface area (Å²) in [6, 6.07) is 25.2.